The second-order valence-electron chi connectivity index (χ2n) is 3.50. The van der Waals surface area contributed by atoms with Crippen LogP contribution in [0.1, 0.15) is 11.4 Å². The number of aromatic nitrogens is 3. The lowest BCUT2D eigenvalue weighted by atomic mass is 10.2. The van der Waals surface area contributed by atoms with Crippen LogP contribution in [0, 0.1) is 6.92 Å². The molecule has 0 amide bonds. The molecule has 4 nitrogen and oxygen atoms in total. The molecular formula is C11H14N4. The van der Waals surface area contributed by atoms with Gasteiger partial charge in [0.15, 0.2) is 0 Å². The van der Waals surface area contributed by atoms with Crippen molar-refractivity contribution in [1.29, 1.82) is 0 Å². The predicted octanol–water partition coefficient (Wildman–Crippen LogP) is 1.74. The van der Waals surface area contributed by atoms with Gasteiger partial charge in [0.1, 0.15) is 5.82 Å². The summed E-state index contributed by atoms with van der Waals surface area (Å²) in [7, 11) is 1.99. The second-order valence-corrected chi connectivity index (χ2v) is 3.50. The Bertz CT molecular complexity index is 447. The summed E-state index contributed by atoms with van der Waals surface area (Å²) in [6.07, 6.45) is 7.38. The van der Waals surface area contributed by atoms with E-state index in [0.717, 1.165) is 23.6 Å². The fourth-order valence-corrected chi connectivity index (χ4v) is 1.41. The first-order valence-electron chi connectivity index (χ1n) is 4.88. The van der Waals surface area contributed by atoms with Crippen molar-refractivity contribution in [1.82, 2.24) is 14.5 Å². The monoisotopic (exact) mass is 202 g/mol. The summed E-state index contributed by atoms with van der Waals surface area (Å²) in [6, 6.07) is 1.97. The van der Waals surface area contributed by atoms with E-state index in [0.29, 0.717) is 0 Å². The molecule has 4 heteroatoms. The van der Waals surface area contributed by atoms with Crippen LogP contribution in [0.25, 0.3) is 0 Å². The molecule has 0 unspecified atom stereocenters. The van der Waals surface area contributed by atoms with Crippen LogP contribution in [-0.4, -0.2) is 14.5 Å². The summed E-state index contributed by atoms with van der Waals surface area (Å²) in [5.74, 6) is 1.02. The van der Waals surface area contributed by atoms with E-state index in [-0.39, 0.29) is 0 Å². The van der Waals surface area contributed by atoms with Gasteiger partial charge in [0.05, 0.1) is 6.54 Å². The third-order valence-corrected chi connectivity index (χ3v) is 2.38. The molecule has 1 N–H and O–H groups in total. The van der Waals surface area contributed by atoms with Crippen LogP contribution in [-0.2, 0) is 13.6 Å². The molecule has 0 bridgehead atoms. The molecule has 0 aliphatic carbocycles. The molecule has 2 aromatic rings. The van der Waals surface area contributed by atoms with Crippen molar-refractivity contribution in [2.75, 3.05) is 5.32 Å². The van der Waals surface area contributed by atoms with Crippen molar-refractivity contribution < 1.29 is 0 Å². The van der Waals surface area contributed by atoms with Crippen LogP contribution in [0.3, 0.4) is 0 Å². The van der Waals surface area contributed by atoms with Crippen molar-refractivity contribution in [3.63, 3.8) is 0 Å². The summed E-state index contributed by atoms with van der Waals surface area (Å²) in [5, 5.41) is 3.33. The van der Waals surface area contributed by atoms with Crippen LogP contribution in [0.2, 0.25) is 0 Å². The van der Waals surface area contributed by atoms with Gasteiger partial charge >= 0.3 is 0 Å². The van der Waals surface area contributed by atoms with E-state index in [1.807, 2.05) is 37.0 Å². The first kappa shape index (κ1) is 9.71. The van der Waals surface area contributed by atoms with Gasteiger partial charge in [-0.2, -0.15) is 0 Å². The summed E-state index contributed by atoms with van der Waals surface area (Å²) < 4.78 is 2.00. The van der Waals surface area contributed by atoms with Gasteiger partial charge in [-0.15, -0.1) is 0 Å². The largest absolute Gasteiger partial charge is 0.378 e. The molecule has 78 valence electrons. The highest BCUT2D eigenvalue weighted by Gasteiger charge is 2.00. The molecule has 0 saturated carbocycles. The Hall–Kier alpha value is -1.84. The van der Waals surface area contributed by atoms with Crippen LogP contribution < -0.4 is 5.32 Å². The van der Waals surface area contributed by atoms with E-state index >= 15 is 0 Å². The van der Waals surface area contributed by atoms with Crippen molar-refractivity contribution in [3.8, 4) is 0 Å². The molecule has 15 heavy (non-hydrogen) atoms. The Labute approximate surface area is 89.0 Å². The van der Waals surface area contributed by atoms with Gasteiger partial charge in [-0.25, -0.2) is 4.98 Å². The van der Waals surface area contributed by atoms with Gasteiger partial charge in [0.2, 0.25) is 0 Å². The Morgan fingerprint density at radius 2 is 2.27 bits per heavy atom. The van der Waals surface area contributed by atoms with Crippen molar-refractivity contribution in [3.05, 3.63) is 42.2 Å². The lowest BCUT2D eigenvalue weighted by Crippen LogP contribution is -2.06. The van der Waals surface area contributed by atoms with E-state index in [9.17, 15) is 0 Å². The summed E-state index contributed by atoms with van der Waals surface area (Å²) >= 11 is 0. The number of rotatable bonds is 3. The zero-order valence-corrected chi connectivity index (χ0v) is 8.94. The van der Waals surface area contributed by atoms with E-state index in [2.05, 4.69) is 15.3 Å². The normalized spacial score (nSPS) is 10.3. The number of hydrogen-bond donors (Lipinski definition) is 1. The van der Waals surface area contributed by atoms with E-state index in [1.54, 1.807) is 12.4 Å². The lowest BCUT2D eigenvalue weighted by molar-refractivity contribution is 0.812. The number of pyridine rings is 1. The van der Waals surface area contributed by atoms with Crippen LogP contribution in [0.15, 0.2) is 30.9 Å². The quantitative estimate of drug-likeness (QED) is 0.824. The van der Waals surface area contributed by atoms with Gasteiger partial charge in [0.25, 0.3) is 0 Å². The number of hydrogen-bond acceptors (Lipinski definition) is 3. The summed E-state index contributed by atoms with van der Waals surface area (Å²) in [4.78, 5) is 8.29. The molecule has 0 fully saturated rings. The number of anilines is 1. The molecule has 2 rings (SSSR count). The van der Waals surface area contributed by atoms with Crippen molar-refractivity contribution in [2.45, 2.75) is 13.5 Å². The molecule has 0 atom stereocenters. The van der Waals surface area contributed by atoms with Gasteiger partial charge in [-0.3, -0.25) is 4.98 Å². The fraction of sp³-hybridized carbons (Fsp3) is 0.273. The topological polar surface area (TPSA) is 42.7 Å². The minimum absolute atomic E-state index is 0.731. The van der Waals surface area contributed by atoms with Crippen LogP contribution >= 0.6 is 0 Å². The molecule has 0 saturated heterocycles. The number of nitrogens with zero attached hydrogens (tertiary/aromatic N) is 3. The zero-order chi connectivity index (χ0) is 10.7. The average Bonchev–Trinajstić information content (AvgIpc) is 2.63. The Balaban J connectivity index is 2.06. The molecule has 0 radical (unpaired) electrons. The zero-order valence-electron chi connectivity index (χ0n) is 8.94. The molecule has 0 aliphatic heterocycles. The molecule has 0 aliphatic rings. The summed E-state index contributed by atoms with van der Waals surface area (Å²) in [6.45, 7) is 2.77. The minimum atomic E-state index is 0.731. The van der Waals surface area contributed by atoms with E-state index < -0.39 is 0 Å². The SMILES string of the molecule is Cc1cnccc1NCc1nccn1C. The highest BCUT2D eigenvalue weighted by molar-refractivity contribution is 5.48. The maximum Gasteiger partial charge on any atom is 0.127 e. The maximum atomic E-state index is 4.25. The third kappa shape index (κ3) is 2.15. The van der Waals surface area contributed by atoms with Crippen molar-refractivity contribution in [2.24, 2.45) is 7.05 Å². The molecular weight excluding hydrogens is 188 g/mol. The lowest BCUT2D eigenvalue weighted by Gasteiger charge is -2.08. The Kier molecular flexibility index (Phi) is 2.67. The highest BCUT2D eigenvalue weighted by Crippen LogP contribution is 2.12. The van der Waals surface area contributed by atoms with E-state index in [4.69, 9.17) is 0 Å². The highest BCUT2D eigenvalue weighted by atomic mass is 15.1. The van der Waals surface area contributed by atoms with Gasteiger partial charge in [-0.1, -0.05) is 0 Å². The first-order valence-corrected chi connectivity index (χ1v) is 4.88. The molecule has 2 aromatic heterocycles. The molecule has 0 aromatic carbocycles. The van der Waals surface area contributed by atoms with Crippen LogP contribution in [0.5, 0.6) is 0 Å². The van der Waals surface area contributed by atoms with Crippen molar-refractivity contribution >= 4 is 5.69 Å². The number of nitrogens with one attached hydrogen (secondary N) is 1. The number of imidazole rings is 1. The van der Waals surface area contributed by atoms with Gasteiger partial charge in [-0.05, 0) is 18.6 Å². The fourth-order valence-electron chi connectivity index (χ4n) is 1.41. The second kappa shape index (κ2) is 4.13. The predicted molar refractivity (Wildman–Crippen MR) is 59.5 cm³/mol. The first-order chi connectivity index (χ1) is 7.27. The average molecular weight is 202 g/mol. The Morgan fingerprint density at radius 1 is 1.40 bits per heavy atom. The van der Waals surface area contributed by atoms with E-state index in [1.165, 1.54) is 0 Å². The third-order valence-electron chi connectivity index (χ3n) is 2.38. The maximum absolute atomic E-state index is 4.25. The van der Waals surface area contributed by atoms with Crippen LogP contribution in [0.4, 0.5) is 5.69 Å². The smallest absolute Gasteiger partial charge is 0.127 e. The Morgan fingerprint density at radius 3 is 2.93 bits per heavy atom. The number of aryl methyl sites for hydroxylation is 2. The minimum Gasteiger partial charge on any atom is -0.378 e. The molecule has 2 heterocycles. The molecule has 0 spiro atoms. The summed E-state index contributed by atoms with van der Waals surface area (Å²) in [5.41, 5.74) is 2.25. The standard InChI is InChI=1S/C11H14N4/c1-9-7-12-4-3-10(9)14-8-11-13-5-6-15(11)2/h3-7H,8H2,1-2H3,(H,12,14). The van der Waals surface area contributed by atoms with Gasteiger partial charge < -0.3 is 9.88 Å². The van der Waals surface area contributed by atoms with Gasteiger partial charge in [0, 0.05) is 37.5 Å².